The van der Waals surface area contributed by atoms with Crippen LogP contribution in [0.5, 0.6) is 0 Å². The molecule has 2 rings (SSSR count). The standard InChI is InChI=1S/C16H23BrClN/c1-4-12-5-8-16(10(12)2)19-11(3)14-7-6-13(17)9-15(14)18/h6-7,9-12,16,19H,4-5,8H2,1-3H3. The lowest BCUT2D eigenvalue weighted by Gasteiger charge is -2.25. The second kappa shape index (κ2) is 6.60. The molecule has 1 aromatic carbocycles. The Kier molecular flexibility index (Phi) is 5.33. The highest BCUT2D eigenvalue weighted by molar-refractivity contribution is 9.10. The highest BCUT2D eigenvalue weighted by atomic mass is 79.9. The Labute approximate surface area is 130 Å². The molecule has 0 bridgehead atoms. The van der Waals surface area contributed by atoms with E-state index in [0.29, 0.717) is 12.1 Å². The normalized spacial score (nSPS) is 28.6. The van der Waals surface area contributed by atoms with E-state index in [-0.39, 0.29) is 0 Å². The van der Waals surface area contributed by atoms with Gasteiger partial charge in [-0.15, -0.1) is 0 Å². The minimum atomic E-state index is 0.309. The van der Waals surface area contributed by atoms with E-state index in [1.54, 1.807) is 0 Å². The van der Waals surface area contributed by atoms with Gasteiger partial charge in [-0.2, -0.15) is 0 Å². The molecule has 0 saturated heterocycles. The molecule has 19 heavy (non-hydrogen) atoms. The Bertz CT molecular complexity index is 435. The van der Waals surface area contributed by atoms with E-state index in [9.17, 15) is 0 Å². The Hall–Kier alpha value is -0.0500. The fourth-order valence-corrected chi connectivity index (χ4v) is 4.16. The lowest BCUT2D eigenvalue weighted by molar-refractivity contribution is 0.327. The number of nitrogens with one attached hydrogen (secondary N) is 1. The summed E-state index contributed by atoms with van der Waals surface area (Å²) in [4.78, 5) is 0. The molecule has 4 atom stereocenters. The molecule has 4 unspecified atom stereocenters. The third-order valence-corrected chi connectivity index (χ3v) is 5.46. The molecule has 1 aromatic rings. The molecule has 1 N–H and O–H groups in total. The van der Waals surface area contributed by atoms with Gasteiger partial charge in [-0.3, -0.25) is 0 Å². The van der Waals surface area contributed by atoms with E-state index in [0.717, 1.165) is 21.3 Å². The van der Waals surface area contributed by atoms with Gasteiger partial charge in [0.15, 0.2) is 0 Å². The molecule has 106 valence electrons. The van der Waals surface area contributed by atoms with Gasteiger partial charge in [0.2, 0.25) is 0 Å². The first kappa shape index (κ1) is 15.3. The van der Waals surface area contributed by atoms with Crippen molar-refractivity contribution in [2.24, 2.45) is 11.8 Å². The predicted octanol–water partition coefficient (Wildman–Crippen LogP) is 5.58. The van der Waals surface area contributed by atoms with Crippen LogP contribution in [-0.2, 0) is 0 Å². The lowest BCUT2D eigenvalue weighted by Crippen LogP contribution is -2.34. The van der Waals surface area contributed by atoms with E-state index in [4.69, 9.17) is 11.6 Å². The van der Waals surface area contributed by atoms with Crippen LogP contribution in [0.3, 0.4) is 0 Å². The summed E-state index contributed by atoms with van der Waals surface area (Å²) in [6.45, 7) is 6.90. The Morgan fingerprint density at radius 3 is 2.74 bits per heavy atom. The van der Waals surface area contributed by atoms with E-state index in [2.05, 4.69) is 54.2 Å². The average molecular weight is 345 g/mol. The van der Waals surface area contributed by atoms with Crippen LogP contribution in [0.4, 0.5) is 0 Å². The van der Waals surface area contributed by atoms with Crippen molar-refractivity contribution in [2.75, 3.05) is 0 Å². The summed E-state index contributed by atoms with van der Waals surface area (Å²) in [7, 11) is 0. The highest BCUT2D eigenvalue weighted by Gasteiger charge is 2.32. The lowest BCUT2D eigenvalue weighted by atomic mass is 9.93. The molecule has 1 aliphatic carbocycles. The Morgan fingerprint density at radius 1 is 1.42 bits per heavy atom. The molecule has 0 heterocycles. The summed E-state index contributed by atoms with van der Waals surface area (Å²) < 4.78 is 1.04. The van der Waals surface area contributed by atoms with Crippen molar-refractivity contribution >= 4 is 27.5 Å². The van der Waals surface area contributed by atoms with Crippen molar-refractivity contribution in [3.8, 4) is 0 Å². The smallest absolute Gasteiger partial charge is 0.0464 e. The van der Waals surface area contributed by atoms with Crippen LogP contribution in [-0.4, -0.2) is 6.04 Å². The zero-order chi connectivity index (χ0) is 14.0. The maximum atomic E-state index is 6.33. The van der Waals surface area contributed by atoms with E-state index in [1.165, 1.54) is 24.8 Å². The van der Waals surface area contributed by atoms with Crippen LogP contribution in [0.1, 0.15) is 51.6 Å². The van der Waals surface area contributed by atoms with Crippen molar-refractivity contribution in [3.05, 3.63) is 33.3 Å². The molecule has 1 nitrogen and oxygen atoms in total. The first-order valence-electron chi connectivity index (χ1n) is 7.24. The average Bonchev–Trinajstić information content (AvgIpc) is 2.70. The van der Waals surface area contributed by atoms with Gasteiger partial charge in [0.05, 0.1) is 0 Å². The van der Waals surface area contributed by atoms with E-state index in [1.807, 2.05) is 6.07 Å². The van der Waals surface area contributed by atoms with Crippen LogP contribution in [0, 0.1) is 11.8 Å². The predicted molar refractivity (Wildman–Crippen MR) is 86.7 cm³/mol. The quantitative estimate of drug-likeness (QED) is 0.752. The van der Waals surface area contributed by atoms with Gasteiger partial charge in [0.25, 0.3) is 0 Å². The van der Waals surface area contributed by atoms with Gasteiger partial charge in [-0.05, 0) is 49.3 Å². The monoisotopic (exact) mass is 343 g/mol. The van der Waals surface area contributed by atoms with Gasteiger partial charge >= 0.3 is 0 Å². The van der Waals surface area contributed by atoms with E-state index >= 15 is 0 Å². The SMILES string of the molecule is CCC1CCC(NC(C)c2ccc(Br)cc2Cl)C1C. The van der Waals surface area contributed by atoms with Crippen molar-refractivity contribution in [1.82, 2.24) is 5.32 Å². The number of halogens is 2. The van der Waals surface area contributed by atoms with Gasteiger partial charge in [-0.1, -0.05) is 53.9 Å². The summed E-state index contributed by atoms with van der Waals surface area (Å²) in [6.07, 6.45) is 3.95. The summed E-state index contributed by atoms with van der Waals surface area (Å²) in [5.41, 5.74) is 1.19. The minimum absolute atomic E-state index is 0.309. The van der Waals surface area contributed by atoms with Gasteiger partial charge in [-0.25, -0.2) is 0 Å². The number of hydrogen-bond acceptors (Lipinski definition) is 1. The summed E-state index contributed by atoms with van der Waals surface area (Å²) in [5.74, 6) is 1.65. The number of benzene rings is 1. The number of hydrogen-bond donors (Lipinski definition) is 1. The molecule has 1 fully saturated rings. The van der Waals surface area contributed by atoms with Crippen molar-refractivity contribution in [2.45, 2.75) is 52.1 Å². The van der Waals surface area contributed by atoms with Crippen LogP contribution in [0.15, 0.2) is 22.7 Å². The first-order chi connectivity index (χ1) is 9.02. The zero-order valence-corrected chi connectivity index (χ0v) is 14.3. The van der Waals surface area contributed by atoms with Crippen molar-refractivity contribution in [3.63, 3.8) is 0 Å². The minimum Gasteiger partial charge on any atom is -0.307 e. The molecular weight excluding hydrogens is 322 g/mol. The van der Waals surface area contributed by atoms with Gasteiger partial charge in [0, 0.05) is 21.6 Å². The molecule has 0 spiro atoms. The largest absolute Gasteiger partial charge is 0.307 e. The molecule has 0 aliphatic heterocycles. The molecule has 0 radical (unpaired) electrons. The molecule has 0 amide bonds. The molecule has 1 saturated carbocycles. The Balaban J connectivity index is 2.03. The van der Waals surface area contributed by atoms with Crippen molar-refractivity contribution < 1.29 is 0 Å². The van der Waals surface area contributed by atoms with Crippen LogP contribution < -0.4 is 5.32 Å². The molecule has 0 aromatic heterocycles. The third-order valence-electron chi connectivity index (χ3n) is 4.64. The van der Waals surface area contributed by atoms with Crippen LogP contribution >= 0.6 is 27.5 Å². The molecule has 3 heteroatoms. The van der Waals surface area contributed by atoms with Gasteiger partial charge in [0.1, 0.15) is 0 Å². The number of rotatable bonds is 4. The maximum absolute atomic E-state index is 6.33. The van der Waals surface area contributed by atoms with Crippen LogP contribution in [0.25, 0.3) is 0 Å². The molecular formula is C16H23BrClN. The van der Waals surface area contributed by atoms with Crippen molar-refractivity contribution in [1.29, 1.82) is 0 Å². The topological polar surface area (TPSA) is 12.0 Å². The maximum Gasteiger partial charge on any atom is 0.0464 e. The Morgan fingerprint density at radius 2 is 2.16 bits per heavy atom. The first-order valence-corrected chi connectivity index (χ1v) is 8.41. The second-order valence-corrected chi connectivity index (χ2v) is 7.09. The van der Waals surface area contributed by atoms with Gasteiger partial charge < -0.3 is 5.32 Å². The summed E-state index contributed by atoms with van der Waals surface area (Å²) in [6, 6.07) is 7.08. The second-order valence-electron chi connectivity index (χ2n) is 5.77. The summed E-state index contributed by atoms with van der Waals surface area (Å²) >= 11 is 9.79. The zero-order valence-electron chi connectivity index (χ0n) is 11.9. The fraction of sp³-hybridized carbons (Fsp3) is 0.625. The fourth-order valence-electron chi connectivity index (χ4n) is 3.32. The molecule has 1 aliphatic rings. The van der Waals surface area contributed by atoms with Crippen LogP contribution in [0.2, 0.25) is 5.02 Å². The summed E-state index contributed by atoms with van der Waals surface area (Å²) in [5, 5.41) is 4.61. The van der Waals surface area contributed by atoms with E-state index < -0.39 is 0 Å². The third kappa shape index (κ3) is 3.53. The highest BCUT2D eigenvalue weighted by Crippen LogP contribution is 2.36.